The third-order valence-corrected chi connectivity index (χ3v) is 1.55. The minimum absolute atomic E-state index is 0.142. The first kappa shape index (κ1) is 11.4. The van der Waals surface area contributed by atoms with Gasteiger partial charge in [-0.3, -0.25) is 4.98 Å². The average Bonchev–Trinajstić information content (AvgIpc) is 2.18. The Hall–Kier alpha value is -1.69. The molecule has 1 heterocycles. The van der Waals surface area contributed by atoms with E-state index in [4.69, 9.17) is 14.6 Å². The van der Waals surface area contributed by atoms with Crippen LogP contribution in [0.15, 0.2) is 12.4 Å². The molecule has 6 heteroatoms. The monoisotopic (exact) mass is 212 g/mol. The molecule has 0 saturated heterocycles. The molecule has 0 fully saturated rings. The molecule has 1 N–H and O–H groups in total. The van der Waals surface area contributed by atoms with Gasteiger partial charge in [0.25, 0.3) is 0 Å². The second-order valence-electron chi connectivity index (χ2n) is 2.93. The second-order valence-corrected chi connectivity index (χ2v) is 2.93. The van der Waals surface area contributed by atoms with Crippen molar-refractivity contribution in [2.45, 2.75) is 13.0 Å². The van der Waals surface area contributed by atoms with Crippen LogP contribution in [0.3, 0.4) is 0 Å². The molecular weight excluding hydrogens is 200 g/mol. The molecular formula is C9H12N2O4. The number of aromatic nitrogens is 2. The van der Waals surface area contributed by atoms with Crippen LogP contribution in [0.5, 0.6) is 5.88 Å². The van der Waals surface area contributed by atoms with Gasteiger partial charge in [0.05, 0.1) is 19.0 Å². The summed E-state index contributed by atoms with van der Waals surface area (Å²) >= 11 is 0. The van der Waals surface area contributed by atoms with Gasteiger partial charge < -0.3 is 14.6 Å². The molecule has 1 atom stereocenters. The molecule has 1 aromatic rings. The first-order chi connectivity index (χ1) is 7.13. The molecule has 1 rings (SSSR count). The van der Waals surface area contributed by atoms with E-state index in [9.17, 15) is 4.79 Å². The van der Waals surface area contributed by atoms with Crippen LogP contribution in [-0.4, -0.2) is 40.9 Å². The Morgan fingerprint density at radius 3 is 2.93 bits per heavy atom. The molecule has 0 bridgehead atoms. The van der Waals surface area contributed by atoms with Crippen molar-refractivity contribution in [2.75, 3.05) is 13.7 Å². The number of nitrogens with zero attached hydrogens (tertiary/aromatic N) is 2. The van der Waals surface area contributed by atoms with E-state index in [0.29, 0.717) is 6.61 Å². The van der Waals surface area contributed by atoms with Gasteiger partial charge in [-0.25, -0.2) is 9.78 Å². The first-order valence-electron chi connectivity index (χ1n) is 4.34. The van der Waals surface area contributed by atoms with Crippen molar-refractivity contribution in [1.82, 2.24) is 9.97 Å². The Bertz CT molecular complexity index is 343. The van der Waals surface area contributed by atoms with E-state index in [2.05, 4.69) is 9.97 Å². The van der Waals surface area contributed by atoms with E-state index in [1.54, 1.807) is 14.0 Å². The first-order valence-corrected chi connectivity index (χ1v) is 4.34. The minimum atomic E-state index is -1.13. The van der Waals surface area contributed by atoms with E-state index in [1.165, 1.54) is 6.20 Å². The van der Waals surface area contributed by atoms with Crippen LogP contribution in [0, 0.1) is 0 Å². The second kappa shape index (κ2) is 5.26. The van der Waals surface area contributed by atoms with Gasteiger partial charge in [0, 0.05) is 7.11 Å². The minimum Gasteiger partial charge on any atom is -0.476 e. The fraction of sp³-hybridized carbons (Fsp3) is 0.444. The van der Waals surface area contributed by atoms with Crippen LogP contribution < -0.4 is 4.74 Å². The van der Waals surface area contributed by atoms with Crippen molar-refractivity contribution < 1.29 is 19.4 Å². The molecule has 1 aromatic heterocycles. The maximum absolute atomic E-state index is 10.6. The van der Waals surface area contributed by atoms with Gasteiger partial charge in [0.2, 0.25) is 5.88 Å². The van der Waals surface area contributed by atoms with Crippen molar-refractivity contribution in [3.8, 4) is 5.88 Å². The zero-order valence-corrected chi connectivity index (χ0v) is 8.51. The van der Waals surface area contributed by atoms with Gasteiger partial charge in [-0.1, -0.05) is 0 Å². The van der Waals surface area contributed by atoms with Crippen molar-refractivity contribution in [2.24, 2.45) is 0 Å². The molecule has 0 aromatic carbocycles. The van der Waals surface area contributed by atoms with Crippen LogP contribution in [0.1, 0.15) is 17.4 Å². The van der Waals surface area contributed by atoms with E-state index in [-0.39, 0.29) is 17.7 Å². The summed E-state index contributed by atoms with van der Waals surface area (Å²) in [7, 11) is 1.55. The normalized spacial score (nSPS) is 12.1. The van der Waals surface area contributed by atoms with Crippen LogP contribution in [0.2, 0.25) is 0 Å². The molecule has 0 aliphatic carbocycles. The lowest BCUT2D eigenvalue weighted by atomic mass is 10.4. The predicted molar refractivity (Wildman–Crippen MR) is 51.0 cm³/mol. The Balaban J connectivity index is 2.69. The molecule has 0 amide bonds. The number of carboxylic acid groups (broad SMARTS) is 1. The molecule has 0 spiro atoms. The number of methoxy groups -OCH3 is 1. The molecule has 1 unspecified atom stereocenters. The maximum atomic E-state index is 10.6. The van der Waals surface area contributed by atoms with Gasteiger partial charge in [0.15, 0.2) is 5.69 Å². The summed E-state index contributed by atoms with van der Waals surface area (Å²) in [5, 5.41) is 8.66. The third-order valence-electron chi connectivity index (χ3n) is 1.55. The summed E-state index contributed by atoms with van der Waals surface area (Å²) in [5.41, 5.74) is -0.142. The fourth-order valence-corrected chi connectivity index (χ4v) is 0.983. The van der Waals surface area contributed by atoms with E-state index in [1.807, 2.05) is 0 Å². The van der Waals surface area contributed by atoms with Crippen LogP contribution in [0.25, 0.3) is 0 Å². The Kier molecular flexibility index (Phi) is 3.99. The van der Waals surface area contributed by atoms with E-state index in [0.717, 1.165) is 6.20 Å². The summed E-state index contributed by atoms with van der Waals surface area (Å²) in [5.74, 6) is -0.952. The number of ether oxygens (including phenoxy) is 2. The predicted octanol–water partition coefficient (Wildman–Crippen LogP) is 0.589. The van der Waals surface area contributed by atoms with Gasteiger partial charge in [-0.05, 0) is 6.92 Å². The van der Waals surface area contributed by atoms with Crippen molar-refractivity contribution in [3.63, 3.8) is 0 Å². The summed E-state index contributed by atoms with van der Waals surface area (Å²) < 4.78 is 10.1. The van der Waals surface area contributed by atoms with Crippen LogP contribution >= 0.6 is 0 Å². The Morgan fingerprint density at radius 1 is 1.60 bits per heavy atom. The van der Waals surface area contributed by atoms with Crippen molar-refractivity contribution in [1.29, 1.82) is 0 Å². The average molecular weight is 212 g/mol. The van der Waals surface area contributed by atoms with Crippen LogP contribution in [0.4, 0.5) is 0 Å². The third kappa shape index (κ3) is 3.51. The van der Waals surface area contributed by atoms with Crippen molar-refractivity contribution >= 4 is 5.97 Å². The molecule has 0 saturated carbocycles. The molecule has 15 heavy (non-hydrogen) atoms. The van der Waals surface area contributed by atoms with Gasteiger partial charge in [0.1, 0.15) is 6.10 Å². The molecule has 0 aliphatic rings. The lowest BCUT2D eigenvalue weighted by Gasteiger charge is -2.12. The van der Waals surface area contributed by atoms with E-state index >= 15 is 0 Å². The smallest absolute Gasteiger partial charge is 0.356 e. The fourth-order valence-electron chi connectivity index (χ4n) is 0.983. The van der Waals surface area contributed by atoms with E-state index < -0.39 is 5.97 Å². The SMILES string of the molecule is COCC(C)Oc1cncc(C(=O)O)n1. The molecule has 6 nitrogen and oxygen atoms in total. The summed E-state index contributed by atoms with van der Waals surface area (Å²) in [6.45, 7) is 2.19. The quantitative estimate of drug-likeness (QED) is 0.769. The standard InChI is InChI=1S/C9H12N2O4/c1-6(5-14-2)15-8-4-10-3-7(11-8)9(12)13/h3-4,6H,5H2,1-2H3,(H,12,13). The zero-order chi connectivity index (χ0) is 11.3. The topological polar surface area (TPSA) is 81.5 Å². The maximum Gasteiger partial charge on any atom is 0.356 e. The number of carbonyl (C=O) groups is 1. The number of hydrogen-bond acceptors (Lipinski definition) is 5. The highest BCUT2D eigenvalue weighted by Gasteiger charge is 2.09. The number of rotatable bonds is 5. The highest BCUT2D eigenvalue weighted by Crippen LogP contribution is 2.07. The largest absolute Gasteiger partial charge is 0.476 e. The van der Waals surface area contributed by atoms with Crippen molar-refractivity contribution in [3.05, 3.63) is 18.1 Å². The van der Waals surface area contributed by atoms with Gasteiger partial charge >= 0.3 is 5.97 Å². The summed E-state index contributed by atoms with van der Waals surface area (Å²) in [4.78, 5) is 18.0. The molecule has 0 aliphatic heterocycles. The van der Waals surface area contributed by atoms with Gasteiger partial charge in [-0.15, -0.1) is 0 Å². The molecule has 82 valence electrons. The molecule has 0 radical (unpaired) electrons. The van der Waals surface area contributed by atoms with Crippen LogP contribution in [-0.2, 0) is 4.74 Å². The lowest BCUT2D eigenvalue weighted by molar-refractivity contribution is 0.0682. The highest BCUT2D eigenvalue weighted by molar-refractivity contribution is 5.84. The number of hydrogen-bond donors (Lipinski definition) is 1. The zero-order valence-electron chi connectivity index (χ0n) is 8.51. The van der Waals surface area contributed by atoms with Gasteiger partial charge in [-0.2, -0.15) is 0 Å². The Morgan fingerprint density at radius 2 is 2.33 bits per heavy atom. The summed E-state index contributed by atoms with van der Waals surface area (Å²) in [6, 6.07) is 0. The lowest BCUT2D eigenvalue weighted by Crippen LogP contribution is -2.19. The number of carboxylic acids is 1. The Labute approximate surface area is 86.9 Å². The summed E-state index contributed by atoms with van der Waals surface area (Å²) in [6.07, 6.45) is 2.32. The highest BCUT2D eigenvalue weighted by atomic mass is 16.5. The number of aromatic carboxylic acids is 1.